The molecule has 3 aromatic carbocycles. The Balaban J connectivity index is 1.24. The van der Waals surface area contributed by atoms with Crippen LogP contribution in [-0.2, 0) is 0 Å². The number of hydrogen-bond acceptors (Lipinski definition) is 4. The van der Waals surface area contributed by atoms with Crippen LogP contribution >= 0.6 is 0 Å². The van der Waals surface area contributed by atoms with Gasteiger partial charge in [0.15, 0.2) is 0 Å². The lowest BCUT2D eigenvalue weighted by molar-refractivity contribution is 0.0663. The molecule has 1 fully saturated rings. The number of hydrogen-bond donors (Lipinski definition) is 1. The van der Waals surface area contributed by atoms with Crippen LogP contribution in [0.25, 0.3) is 10.8 Å². The maximum atomic E-state index is 10.4. The smallest absolute Gasteiger partial charge is 0.120 e. The molecule has 1 aliphatic rings. The van der Waals surface area contributed by atoms with Gasteiger partial charge in [-0.15, -0.1) is 0 Å². The first-order valence-electron chi connectivity index (χ1n) is 10.0. The van der Waals surface area contributed by atoms with Gasteiger partial charge in [-0.2, -0.15) is 0 Å². The zero-order valence-electron chi connectivity index (χ0n) is 16.4. The highest BCUT2D eigenvalue weighted by atomic mass is 16.5. The van der Waals surface area contributed by atoms with Crippen molar-refractivity contribution in [3.05, 3.63) is 72.3 Å². The molecule has 4 heteroatoms. The Morgan fingerprint density at radius 2 is 1.61 bits per heavy atom. The van der Waals surface area contributed by atoms with E-state index in [0.29, 0.717) is 13.2 Å². The number of ether oxygens (including phenoxy) is 1. The van der Waals surface area contributed by atoms with E-state index in [2.05, 4.69) is 59.2 Å². The van der Waals surface area contributed by atoms with Crippen LogP contribution in [0.15, 0.2) is 66.7 Å². The highest BCUT2D eigenvalue weighted by Gasteiger charge is 2.19. The van der Waals surface area contributed by atoms with Crippen LogP contribution in [0.2, 0.25) is 0 Å². The fraction of sp³-hybridized carbons (Fsp3) is 0.333. The Morgan fingerprint density at radius 1 is 0.893 bits per heavy atom. The summed E-state index contributed by atoms with van der Waals surface area (Å²) in [4.78, 5) is 4.73. The van der Waals surface area contributed by atoms with E-state index in [1.807, 2.05) is 24.3 Å². The number of aryl methyl sites for hydroxylation is 1. The molecular weight excluding hydrogens is 348 g/mol. The van der Waals surface area contributed by atoms with Crippen molar-refractivity contribution in [3.63, 3.8) is 0 Å². The lowest BCUT2D eigenvalue weighted by Crippen LogP contribution is -2.49. The van der Waals surface area contributed by atoms with E-state index >= 15 is 0 Å². The summed E-state index contributed by atoms with van der Waals surface area (Å²) < 4.78 is 5.83. The molecule has 0 spiro atoms. The van der Waals surface area contributed by atoms with Gasteiger partial charge >= 0.3 is 0 Å². The van der Waals surface area contributed by atoms with Crippen LogP contribution in [0.1, 0.15) is 5.56 Å². The number of fused-ring (bicyclic) bond motifs is 1. The maximum Gasteiger partial charge on any atom is 0.120 e. The van der Waals surface area contributed by atoms with Gasteiger partial charge in [0.2, 0.25) is 0 Å². The number of aliphatic hydroxyl groups excluding tert-OH is 1. The number of nitrogens with zero attached hydrogens (tertiary/aromatic N) is 2. The topological polar surface area (TPSA) is 35.9 Å². The first-order chi connectivity index (χ1) is 13.7. The normalized spacial score (nSPS) is 16.3. The van der Waals surface area contributed by atoms with Crippen molar-refractivity contribution in [1.29, 1.82) is 0 Å². The molecule has 0 aromatic heterocycles. The zero-order valence-corrected chi connectivity index (χ0v) is 16.4. The Kier molecular flexibility index (Phi) is 5.79. The minimum absolute atomic E-state index is 0.316. The molecule has 1 aliphatic heterocycles. The molecule has 4 rings (SSSR count). The second-order valence-electron chi connectivity index (χ2n) is 7.60. The maximum absolute atomic E-state index is 10.4. The Hall–Kier alpha value is -2.56. The van der Waals surface area contributed by atoms with Crippen molar-refractivity contribution in [2.24, 2.45) is 0 Å². The second-order valence-corrected chi connectivity index (χ2v) is 7.60. The minimum atomic E-state index is -0.489. The van der Waals surface area contributed by atoms with Gasteiger partial charge in [-0.25, -0.2) is 0 Å². The van der Waals surface area contributed by atoms with E-state index in [1.165, 1.54) is 16.6 Å². The predicted molar refractivity (Wildman–Crippen MR) is 115 cm³/mol. The van der Waals surface area contributed by atoms with Crippen LogP contribution < -0.4 is 9.64 Å². The van der Waals surface area contributed by atoms with Gasteiger partial charge in [0.05, 0.1) is 0 Å². The molecule has 146 valence electrons. The summed E-state index contributed by atoms with van der Waals surface area (Å²) in [6, 6.07) is 23.0. The van der Waals surface area contributed by atoms with Crippen LogP contribution in [0.3, 0.4) is 0 Å². The van der Waals surface area contributed by atoms with Crippen LogP contribution in [0.4, 0.5) is 5.69 Å². The molecule has 1 N–H and O–H groups in total. The number of β-amino-alcohol motifs (C(OH)–C–C–N with tert-alkyl or cyclic N) is 1. The summed E-state index contributed by atoms with van der Waals surface area (Å²) >= 11 is 0. The van der Waals surface area contributed by atoms with Gasteiger partial charge in [0, 0.05) is 38.4 Å². The molecule has 3 aromatic rings. The monoisotopic (exact) mass is 376 g/mol. The Bertz CT molecular complexity index is 902. The molecule has 28 heavy (non-hydrogen) atoms. The lowest BCUT2D eigenvalue weighted by Gasteiger charge is -2.36. The standard InChI is InChI=1S/C24H28N2O2/c1-19-6-9-22(10-7-19)26-14-12-25(13-15-26)17-23(27)18-28-24-11-8-20-4-2-3-5-21(20)16-24/h2-11,16,23,27H,12-15,17-18H2,1H3/t23-/m1/s1. The summed E-state index contributed by atoms with van der Waals surface area (Å²) in [5, 5.41) is 12.8. The SMILES string of the molecule is Cc1ccc(N2CCN(C[C@@H](O)COc3ccc4ccccc4c3)CC2)cc1. The van der Waals surface area contributed by atoms with Crippen molar-refractivity contribution in [1.82, 2.24) is 4.90 Å². The second kappa shape index (κ2) is 8.63. The van der Waals surface area contributed by atoms with Crippen LogP contribution in [0.5, 0.6) is 5.75 Å². The molecule has 0 bridgehead atoms. The van der Waals surface area contributed by atoms with E-state index in [1.54, 1.807) is 0 Å². The van der Waals surface area contributed by atoms with Crippen molar-refractivity contribution in [2.45, 2.75) is 13.0 Å². The fourth-order valence-corrected chi connectivity index (χ4v) is 3.74. The number of aliphatic hydroxyl groups is 1. The third-order valence-corrected chi connectivity index (χ3v) is 5.40. The molecule has 1 heterocycles. The molecule has 1 saturated heterocycles. The Morgan fingerprint density at radius 3 is 2.36 bits per heavy atom. The van der Waals surface area contributed by atoms with Crippen molar-refractivity contribution in [2.75, 3.05) is 44.2 Å². The summed E-state index contributed by atoms with van der Waals surface area (Å²) in [6.45, 7) is 6.97. The Labute approximate surface area is 167 Å². The molecule has 0 saturated carbocycles. The van der Waals surface area contributed by atoms with Gasteiger partial charge in [-0.3, -0.25) is 4.90 Å². The molecule has 0 amide bonds. The van der Waals surface area contributed by atoms with Crippen LogP contribution in [-0.4, -0.2) is 55.4 Å². The van der Waals surface area contributed by atoms with Gasteiger partial charge in [-0.1, -0.05) is 48.0 Å². The molecule has 0 unspecified atom stereocenters. The number of anilines is 1. The fourth-order valence-electron chi connectivity index (χ4n) is 3.74. The van der Waals surface area contributed by atoms with Gasteiger partial charge < -0.3 is 14.7 Å². The number of rotatable bonds is 6. The number of piperazine rings is 1. The van der Waals surface area contributed by atoms with E-state index < -0.39 is 6.10 Å². The lowest BCUT2D eigenvalue weighted by atomic mass is 10.1. The average molecular weight is 377 g/mol. The van der Waals surface area contributed by atoms with E-state index in [9.17, 15) is 5.11 Å². The summed E-state index contributed by atoms with van der Waals surface area (Å²) in [6.07, 6.45) is -0.489. The minimum Gasteiger partial charge on any atom is -0.491 e. The van der Waals surface area contributed by atoms with Gasteiger partial charge in [-0.05, 0) is 42.0 Å². The summed E-state index contributed by atoms with van der Waals surface area (Å²) in [5.41, 5.74) is 2.57. The first kappa shape index (κ1) is 18.8. The average Bonchev–Trinajstić information content (AvgIpc) is 2.73. The third kappa shape index (κ3) is 4.64. The van der Waals surface area contributed by atoms with Crippen LogP contribution in [0, 0.1) is 6.92 Å². The first-order valence-corrected chi connectivity index (χ1v) is 10.0. The van der Waals surface area contributed by atoms with Gasteiger partial charge in [0.25, 0.3) is 0 Å². The number of benzene rings is 3. The van der Waals surface area contributed by atoms with Crippen molar-refractivity contribution < 1.29 is 9.84 Å². The quantitative estimate of drug-likeness (QED) is 0.711. The van der Waals surface area contributed by atoms with Crippen molar-refractivity contribution in [3.8, 4) is 5.75 Å². The largest absolute Gasteiger partial charge is 0.491 e. The zero-order chi connectivity index (χ0) is 19.3. The molecule has 4 nitrogen and oxygen atoms in total. The molecular formula is C24H28N2O2. The summed E-state index contributed by atoms with van der Waals surface area (Å²) in [7, 11) is 0. The molecule has 0 aliphatic carbocycles. The van der Waals surface area contributed by atoms with Crippen molar-refractivity contribution >= 4 is 16.5 Å². The highest BCUT2D eigenvalue weighted by molar-refractivity contribution is 5.83. The predicted octanol–water partition coefficient (Wildman–Crippen LogP) is 3.71. The third-order valence-electron chi connectivity index (χ3n) is 5.40. The van der Waals surface area contributed by atoms with E-state index in [-0.39, 0.29) is 0 Å². The van der Waals surface area contributed by atoms with E-state index in [0.717, 1.165) is 37.3 Å². The van der Waals surface area contributed by atoms with E-state index in [4.69, 9.17) is 4.74 Å². The highest BCUT2D eigenvalue weighted by Crippen LogP contribution is 2.21. The molecule has 0 radical (unpaired) electrons. The molecule has 1 atom stereocenters. The summed E-state index contributed by atoms with van der Waals surface area (Å²) in [5.74, 6) is 0.807. The van der Waals surface area contributed by atoms with Gasteiger partial charge in [0.1, 0.15) is 18.5 Å².